The number of benzene rings is 1. The van der Waals surface area contributed by atoms with E-state index in [1.54, 1.807) is 6.07 Å². The highest BCUT2D eigenvalue weighted by Crippen LogP contribution is 2.17. The summed E-state index contributed by atoms with van der Waals surface area (Å²) in [5.74, 6) is 3.71. The Balaban J connectivity index is 0.00000163. The lowest BCUT2D eigenvalue weighted by atomic mass is 10.0. The highest BCUT2D eigenvalue weighted by atomic mass is 16.2. The second-order valence-corrected chi connectivity index (χ2v) is 5.26. The van der Waals surface area contributed by atoms with Gasteiger partial charge in [0.05, 0.1) is 5.56 Å². The van der Waals surface area contributed by atoms with Gasteiger partial charge in [-0.05, 0) is 24.6 Å². The molecule has 0 aliphatic carbocycles. The maximum Gasteiger partial charge on any atom is 0.255 e. The minimum atomic E-state index is -0.776. The van der Waals surface area contributed by atoms with E-state index in [-0.39, 0.29) is 36.5 Å². The van der Waals surface area contributed by atoms with Gasteiger partial charge in [0.25, 0.3) is 5.91 Å². The van der Waals surface area contributed by atoms with Gasteiger partial charge >= 0.3 is 0 Å². The Bertz CT molecular complexity index is 761. The van der Waals surface area contributed by atoms with Crippen molar-refractivity contribution in [2.24, 2.45) is 0 Å². The van der Waals surface area contributed by atoms with E-state index in [1.807, 2.05) is 13.8 Å². The monoisotopic (exact) mass is 358 g/mol. The molecule has 1 aromatic carbocycles. The number of hydrogen-bond acceptors (Lipinski definition) is 5. The second-order valence-electron chi connectivity index (χ2n) is 5.26. The molecule has 1 atom stereocenters. The molecule has 1 aromatic rings. The van der Waals surface area contributed by atoms with Crippen molar-refractivity contribution in [3.63, 3.8) is 0 Å². The van der Waals surface area contributed by atoms with Crippen molar-refractivity contribution in [3.8, 4) is 11.8 Å². The van der Waals surface area contributed by atoms with Gasteiger partial charge < -0.3 is 10.0 Å². The molecule has 1 saturated heterocycles. The van der Waals surface area contributed by atoms with Crippen LogP contribution < -0.4 is 5.32 Å². The lowest BCUT2D eigenvalue weighted by Crippen LogP contribution is -2.53. The summed E-state index contributed by atoms with van der Waals surface area (Å²) in [6, 6.07) is 3.69. The van der Waals surface area contributed by atoms with Crippen LogP contribution in [0, 0.1) is 11.8 Å². The lowest BCUT2D eigenvalue weighted by Gasteiger charge is -2.30. The third-order valence-electron chi connectivity index (χ3n) is 3.72. The van der Waals surface area contributed by atoms with Gasteiger partial charge in [0.1, 0.15) is 12.6 Å². The van der Waals surface area contributed by atoms with Crippen LogP contribution in [0.5, 0.6) is 0 Å². The van der Waals surface area contributed by atoms with Gasteiger partial charge in [-0.2, -0.15) is 0 Å². The van der Waals surface area contributed by atoms with E-state index in [0.29, 0.717) is 11.8 Å². The van der Waals surface area contributed by atoms with E-state index in [0.717, 1.165) is 0 Å². The van der Waals surface area contributed by atoms with E-state index in [1.165, 1.54) is 24.1 Å². The van der Waals surface area contributed by atoms with Crippen LogP contribution in [0.15, 0.2) is 18.2 Å². The first-order chi connectivity index (χ1) is 12.5. The van der Waals surface area contributed by atoms with Gasteiger partial charge in [0.15, 0.2) is 6.29 Å². The molecule has 2 rings (SSSR count). The van der Waals surface area contributed by atoms with Crippen molar-refractivity contribution >= 4 is 24.0 Å². The average molecular weight is 358 g/mol. The largest absolute Gasteiger partial charge is 0.384 e. The Labute approximate surface area is 152 Å². The second kappa shape index (κ2) is 10.1. The first kappa shape index (κ1) is 21.1. The Hall–Kier alpha value is -2.98. The number of carbonyl (C=O) groups excluding carboxylic acids is 4. The molecule has 0 radical (unpaired) electrons. The smallest absolute Gasteiger partial charge is 0.255 e. The van der Waals surface area contributed by atoms with E-state index in [9.17, 15) is 19.2 Å². The van der Waals surface area contributed by atoms with Crippen LogP contribution in [0.2, 0.25) is 0 Å². The topological polar surface area (TPSA) is 104 Å². The Morgan fingerprint density at radius 1 is 1.38 bits per heavy atom. The molecule has 1 heterocycles. The van der Waals surface area contributed by atoms with Crippen molar-refractivity contribution in [2.75, 3.05) is 13.7 Å². The zero-order chi connectivity index (χ0) is 19.7. The molecule has 2 N–H and O–H groups in total. The molecule has 1 unspecified atom stereocenters. The van der Waals surface area contributed by atoms with Crippen molar-refractivity contribution in [1.29, 1.82) is 0 Å². The number of nitrogens with zero attached hydrogens (tertiary/aromatic N) is 1. The molecule has 26 heavy (non-hydrogen) atoms. The quantitative estimate of drug-likeness (QED) is 0.471. The van der Waals surface area contributed by atoms with E-state index >= 15 is 0 Å². The van der Waals surface area contributed by atoms with E-state index in [2.05, 4.69) is 17.2 Å². The predicted molar refractivity (Wildman–Crippen MR) is 95.4 cm³/mol. The summed E-state index contributed by atoms with van der Waals surface area (Å²) in [5.41, 5.74) is 0.755. The Morgan fingerprint density at radius 3 is 2.65 bits per heavy atom. The number of carbonyl (C=O) groups is 4. The first-order valence-electron chi connectivity index (χ1n) is 8.27. The van der Waals surface area contributed by atoms with Gasteiger partial charge in [-0.3, -0.25) is 24.5 Å². The number of nitrogens with one attached hydrogen (secondary N) is 1. The number of aldehydes is 1. The molecule has 7 heteroatoms. The van der Waals surface area contributed by atoms with Crippen LogP contribution in [0.3, 0.4) is 0 Å². The van der Waals surface area contributed by atoms with Crippen LogP contribution in [0.4, 0.5) is 0 Å². The minimum Gasteiger partial charge on any atom is -0.384 e. The summed E-state index contributed by atoms with van der Waals surface area (Å²) in [5, 5.41) is 10.9. The van der Waals surface area contributed by atoms with Gasteiger partial charge in [-0.15, -0.1) is 0 Å². The van der Waals surface area contributed by atoms with Crippen LogP contribution >= 0.6 is 0 Å². The van der Waals surface area contributed by atoms with Crippen molar-refractivity contribution in [1.82, 2.24) is 10.2 Å². The molecule has 1 aliphatic rings. The van der Waals surface area contributed by atoms with Crippen molar-refractivity contribution in [3.05, 3.63) is 34.9 Å². The van der Waals surface area contributed by atoms with E-state index in [4.69, 9.17) is 5.11 Å². The molecule has 1 fully saturated rings. The molecule has 0 spiro atoms. The molecule has 1 aliphatic heterocycles. The zero-order valence-corrected chi connectivity index (χ0v) is 15.0. The standard InChI is InChI=1S/C17H16N2O5.C2H6/c1-19(14-6-7-15(22)18-16(14)23)17(24)13-9-11(3-2-8-20)4-5-12(13)10-21;1-2/h4-5,9-10,14,20H,6-8H2,1H3,(H,18,22,23);1-2H3. The first-order valence-corrected chi connectivity index (χ1v) is 8.27. The number of aliphatic hydroxyl groups excluding tert-OH is 1. The number of aliphatic hydroxyl groups is 1. The molecule has 138 valence electrons. The molecule has 0 bridgehead atoms. The van der Waals surface area contributed by atoms with Gasteiger partial charge in [-0.1, -0.05) is 25.7 Å². The summed E-state index contributed by atoms with van der Waals surface area (Å²) in [7, 11) is 1.45. The zero-order valence-electron chi connectivity index (χ0n) is 15.0. The summed E-state index contributed by atoms with van der Waals surface area (Å²) in [4.78, 5) is 48.2. The van der Waals surface area contributed by atoms with Crippen molar-refractivity contribution in [2.45, 2.75) is 32.7 Å². The van der Waals surface area contributed by atoms with Gasteiger partial charge in [0, 0.05) is 24.6 Å². The lowest BCUT2D eigenvalue weighted by molar-refractivity contribution is -0.136. The summed E-state index contributed by atoms with van der Waals surface area (Å²) in [6.07, 6.45) is 0.929. The third kappa shape index (κ3) is 5.01. The molecular formula is C19H22N2O5. The molecule has 0 aromatic heterocycles. The van der Waals surface area contributed by atoms with Crippen LogP contribution in [-0.4, -0.2) is 53.7 Å². The fourth-order valence-corrected chi connectivity index (χ4v) is 2.45. The number of piperidine rings is 1. The number of hydrogen-bond donors (Lipinski definition) is 2. The Kier molecular flexibility index (Phi) is 8.19. The summed E-state index contributed by atoms with van der Waals surface area (Å²) >= 11 is 0. The number of imide groups is 1. The third-order valence-corrected chi connectivity index (χ3v) is 3.72. The molecular weight excluding hydrogens is 336 g/mol. The van der Waals surface area contributed by atoms with Crippen LogP contribution in [0.25, 0.3) is 0 Å². The average Bonchev–Trinajstić information content (AvgIpc) is 2.66. The number of rotatable bonds is 3. The molecule has 0 saturated carbocycles. The fraction of sp³-hybridized carbons (Fsp3) is 0.368. The highest BCUT2D eigenvalue weighted by Gasteiger charge is 2.33. The number of likely N-dealkylation sites (N-methyl/N-ethyl adjacent to an activating group) is 1. The van der Waals surface area contributed by atoms with Crippen LogP contribution in [0.1, 0.15) is 53.0 Å². The van der Waals surface area contributed by atoms with Crippen LogP contribution in [-0.2, 0) is 9.59 Å². The molecule has 3 amide bonds. The minimum absolute atomic E-state index is 0.113. The Morgan fingerprint density at radius 2 is 2.08 bits per heavy atom. The van der Waals surface area contributed by atoms with Gasteiger partial charge in [0.2, 0.25) is 11.8 Å². The normalized spacial score (nSPS) is 15.6. The van der Waals surface area contributed by atoms with Crippen molar-refractivity contribution < 1.29 is 24.3 Å². The maximum atomic E-state index is 12.7. The number of amides is 3. The predicted octanol–water partition coefficient (Wildman–Crippen LogP) is 0.746. The fourth-order valence-electron chi connectivity index (χ4n) is 2.45. The summed E-state index contributed by atoms with van der Waals surface area (Å²) < 4.78 is 0. The van der Waals surface area contributed by atoms with E-state index < -0.39 is 17.9 Å². The molecule has 7 nitrogen and oxygen atoms in total. The van der Waals surface area contributed by atoms with Gasteiger partial charge in [-0.25, -0.2) is 0 Å². The summed E-state index contributed by atoms with van der Waals surface area (Å²) in [6.45, 7) is 3.68. The maximum absolute atomic E-state index is 12.7. The SMILES string of the molecule is CC.CN(C(=O)c1cc(C#CCO)ccc1C=O)C1CCC(=O)NC1=O. The highest BCUT2D eigenvalue weighted by molar-refractivity contribution is 6.06.